The van der Waals surface area contributed by atoms with Crippen LogP contribution in [-0.4, -0.2) is 38.2 Å². The predicted molar refractivity (Wildman–Crippen MR) is 59.0 cm³/mol. The molecule has 100 valence electrons. The highest BCUT2D eigenvalue weighted by molar-refractivity contribution is 5.66. The standard InChI is InChI=1S/C11H20O6/c1-4-5-11(17-8-16-10(3)13)6-14-7-15-9(2)12/h11H,4-8H2,1-3H3. The summed E-state index contributed by atoms with van der Waals surface area (Å²) in [5.74, 6) is -0.779. The minimum Gasteiger partial charge on any atom is -0.439 e. The lowest BCUT2D eigenvalue weighted by atomic mass is 10.2. The van der Waals surface area contributed by atoms with Crippen molar-refractivity contribution < 1.29 is 28.5 Å². The molecule has 0 spiro atoms. The van der Waals surface area contributed by atoms with Gasteiger partial charge < -0.3 is 18.9 Å². The number of carbonyl (C=O) groups is 2. The predicted octanol–water partition coefficient (Wildman–Crippen LogP) is 1.23. The number of rotatable bonds is 9. The molecule has 0 bridgehead atoms. The van der Waals surface area contributed by atoms with Crippen LogP contribution in [0, 0.1) is 0 Å². The Kier molecular flexibility index (Phi) is 9.37. The Bertz CT molecular complexity index is 228. The number of esters is 2. The number of hydrogen-bond acceptors (Lipinski definition) is 6. The van der Waals surface area contributed by atoms with E-state index in [1.807, 2.05) is 6.92 Å². The van der Waals surface area contributed by atoms with Gasteiger partial charge in [0.15, 0.2) is 13.6 Å². The lowest BCUT2D eigenvalue weighted by Gasteiger charge is -2.16. The van der Waals surface area contributed by atoms with Crippen molar-refractivity contribution in [2.75, 3.05) is 20.2 Å². The fraction of sp³-hybridized carbons (Fsp3) is 0.818. The molecular weight excluding hydrogens is 228 g/mol. The van der Waals surface area contributed by atoms with Crippen molar-refractivity contribution >= 4 is 11.9 Å². The van der Waals surface area contributed by atoms with Crippen LogP contribution < -0.4 is 0 Å². The molecule has 6 nitrogen and oxygen atoms in total. The second-order valence-electron chi connectivity index (χ2n) is 3.46. The van der Waals surface area contributed by atoms with Crippen LogP contribution in [-0.2, 0) is 28.5 Å². The molecule has 0 saturated carbocycles. The van der Waals surface area contributed by atoms with Gasteiger partial charge in [-0.3, -0.25) is 9.59 Å². The summed E-state index contributed by atoms with van der Waals surface area (Å²) in [6.07, 6.45) is 1.53. The van der Waals surface area contributed by atoms with Crippen LogP contribution in [0.3, 0.4) is 0 Å². The summed E-state index contributed by atoms with van der Waals surface area (Å²) in [6, 6.07) is 0. The second kappa shape index (κ2) is 10.0. The molecule has 0 aliphatic heterocycles. The topological polar surface area (TPSA) is 71.1 Å². The maximum absolute atomic E-state index is 10.5. The molecule has 0 aliphatic rings. The molecule has 0 saturated heterocycles. The van der Waals surface area contributed by atoms with Crippen molar-refractivity contribution in [1.29, 1.82) is 0 Å². The Balaban J connectivity index is 3.66. The zero-order valence-corrected chi connectivity index (χ0v) is 10.6. The number of hydrogen-bond donors (Lipinski definition) is 0. The second-order valence-corrected chi connectivity index (χ2v) is 3.46. The van der Waals surface area contributed by atoms with Gasteiger partial charge in [-0.15, -0.1) is 0 Å². The van der Waals surface area contributed by atoms with Gasteiger partial charge in [-0.2, -0.15) is 0 Å². The van der Waals surface area contributed by atoms with E-state index in [9.17, 15) is 9.59 Å². The fourth-order valence-electron chi connectivity index (χ4n) is 1.05. The molecule has 0 amide bonds. The van der Waals surface area contributed by atoms with E-state index in [0.717, 1.165) is 12.8 Å². The highest BCUT2D eigenvalue weighted by Crippen LogP contribution is 2.03. The largest absolute Gasteiger partial charge is 0.439 e. The van der Waals surface area contributed by atoms with E-state index in [4.69, 9.17) is 9.47 Å². The Morgan fingerprint density at radius 1 is 1.06 bits per heavy atom. The summed E-state index contributed by atoms with van der Waals surface area (Å²) in [7, 11) is 0. The van der Waals surface area contributed by atoms with Crippen LogP contribution in [0.4, 0.5) is 0 Å². The van der Waals surface area contributed by atoms with Crippen LogP contribution in [0.5, 0.6) is 0 Å². The smallest absolute Gasteiger partial charge is 0.304 e. The molecule has 0 radical (unpaired) electrons. The Hall–Kier alpha value is -1.14. The summed E-state index contributed by atoms with van der Waals surface area (Å²) in [4.78, 5) is 21.0. The summed E-state index contributed by atoms with van der Waals surface area (Å²) in [6.45, 7) is 4.75. The van der Waals surface area contributed by atoms with Crippen LogP contribution in [0.15, 0.2) is 0 Å². The van der Waals surface area contributed by atoms with Crippen LogP contribution in [0.25, 0.3) is 0 Å². The van der Waals surface area contributed by atoms with Gasteiger partial charge in [0, 0.05) is 13.8 Å². The third-order valence-electron chi connectivity index (χ3n) is 1.83. The number of ether oxygens (including phenoxy) is 4. The van der Waals surface area contributed by atoms with E-state index >= 15 is 0 Å². The Morgan fingerprint density at radius 2 is 1.65 bits per heavy atom. The van der Waals surface area contributed by atoms with Gasteiger partial charge in [0.05, 0.1) is 12.7 Å². The first-order chi connectivity index (χ1) is 8.06. The quantitative estimate of drug-likeness (QED) is 0.347. The monoisotopic (exact) mass is 248 g/mol. The van der Waals surface area contributed by atoms with Crippen LogP contribution >= 0.6 is 0 Å². The van der Waals surface area contributed by atoms with E-state index in [-0.39, 0.29) is 25.7 Å². The maximum atomic E-state index is 10.5. The minimum absolute atomic E-state index is 0.0864. The van der Waals surface area contributed by atoms with E-state index in [0.29, 0.717) is 6.61 Å². The third-order valence-corrected chi connectivity index (χ3v) is 1.83. The SMILES string of the molecule is CCCC(COCOC(C)=O)OCOC(C)=O. The molecule has 0 aromatic rings. The van der Waals surface area contributed by atoms with E-state index < -0.39 is 5.97 Å². The molecule has 0 aromatic heterocycles. The van der Waals surface area contributed by atoms with Gasteiger partial charge in [0.2, 0.25) is 0 Å². The lowest BCUT2D eigenvalue weighted by Crippen LogP contribution is -2.23. The van der Waals surface area contributed by atoms with Gasteiger partial charge in [-0.1, -0.05) is 13.3 Å². The highest BCUT2D eigenvalue weighted by atomic mass is 16.7. The zero-order valence-electron chi connectivity index (χ0n) is 10.6. The summed E-state index contributed by atoms with van der Waals surface area (Å²) < 4.78 is 19.7. The third kappa shape index (κ3) is 11.1. The first-order valence-electron chi connectivity index (χ1n) is 5.52. The average Bonchev–Trinajstić information content (AvgIpc) is 2.23. The van der Waals surface area contributed by atoms with Crippen molar-refractivity contribution in [3.63, 3.8) is 0 Å². The lowest BCUT2D eigenvalue weighted by molar-refractivity contribution is -0.170. The van der Waals surface area contributed by atoms with Crippen molar-refractivity contribution in [2.45, 2.75) is 39.7 Å². The molecule has 0 fully saturated rings. The number of carbonyl (C=O) groups excluding carboxylic acids is 2. The fourth-order valence-corrected chi connectivity index (χ4v) is 1.05. The Labute approximate surface area is 101 Å². The van der Waals surface area contributed by atoms with Gasteiger partial charge in [-0.05, 0) is 6.42 Å². The maximum Gasteiger partial charge on any atom is 0.304 e. The summed E-state index contributed by atoms with van der Waals surface area (Å²) >= 11 is 0. The molecule has 0 aliphatic carbocycles. The summed E-state index contributed by atoms with van der Waals surface area (Å²) in [5, 5.41) is 0. The van der Waals surface area contributed by atoms with E-state index in [1.54, 1.807) is 0 Å². The van der Waals surface area contributed by atoms with Crippen molar-refractivity contribution in [2.24, 2.45) is 0 Å². The molecule has 6 heteroatoms. The molecule has 0 aromatic carbocycles. The van der Waals surface area contributed by atoms with Crippen molar-refractivity contribution in [3.05, 3.63) is 0 Å². The van der Waals surface area contributed by atoms with Crippen LogP contribution in [0.1, 0.15) is 33.6 Å². The normalized spacial score (nSPS) is 11.9. The molecule has 17 heavy (non-hydrogen) atoms. The molecule has 0 rings (SSSR count). The molecule has 1 unspecified atom stereocenters. The zero-order chi connectivity index (χ0) is 13.1. The molecule has 0 heterocycles. The molecular formula is C11H20O6. The van der Waals surface area contributed by atoms with Gasteiger partial charge in [-0.25, -0.2) is 0 Å². The van der Waals surface area contributed by atoms with Gasteiger partial charge >= 0.3 is 11.9 Å². The van der Waals surface area contributed by atoms with Gasteiger partial charge in [0.1, 0.15) is 0 Å². The van der Waals surface area contributed by atoms with Gasteiger partial charge in [0.25, 0.3) is 0 Å². The minimum atomic E-state index is -0.391. The van der Waals surface area contributed by atoms with E-state index in [1.165, 1.54) is 13.8 Å². The molecule has 0 N–H and O–H groups in total. The highest BCUT2D eigenvalue weighted by Gasteiger charge is 2.09. The van der Waals surface area contributed by atoms with E-state index in [2.05, 4.69) is 9.47 Å². The average molecular weight is 248 g/mol. The van der Waals surface area contributed by atoms with Crippen molar-refractivity contribution in [1.82, 2.24) is 0 Å². The first kappa shape index (κ1) is 15.9. The molecule has 1 atom stereocenters. The Morgan fingerprint density at radius 3 is 2.18 bits per heavy atom. The van der Waals surface area contributed by atoms with Crippen LogP contribution in [0.2, 0.25) is 0 Å². The summed E-state index contributed by atoms with van der Waals surface area (Å²) in [5.41, 5.74) is 0. The first-order valence-corrected chi connectivity index (χ1v) is 5.52. The van der Waals surface area contributed by atoms with Crippen molar-refractivity contribution in [3.8, 4) is 0 Å².